The molecule has 1 saturated carbocycles. The molecule has 18 heavy (non-hydrogen) atoms. The molecule has 0 unspecified atom stereocenters. The summed E-state index contributed by atoms with van der Waals surface area (Å²) in [6.07, 6.45) is 3.44. The zero-order valence-corrected chi connectivity index (χ0v) is 11.4. The molecule has 0 bridgehead atoms. The molecule has 0 spiro atoms. The number of rotatable bonds is 4. The average molecular weight is 316 g/mol. The summed E-state index contributed by atoms with van der Waals surface area (Å²) >= 11 is 3.16. The van der Waals surface area contributed by atoms with Crippen molar-refractivity contribution in [3.63, 3.8) is 0 Å². The van der Waals surface area contributed by atoms with Gasteiger partial charge in [0, 0.05) is 6.07 Å². The van der Waals surface area contributed by atoms with Crippen molar-refractivity contribution in [2.24, 2.45) is 0 Å². The number of benzene rings is 1. The lowest BCUT2D eigenvalue weighted by molar-refractivity contribution is -0.385. The number of aliphatic hydroxyl groups is 1. The predicted molar refractivity (Wildman–Crippen MR) is 69.7 cm³/mol. The Hall–Kier alpha value is -1.14. The SMILES string of the molecule is O=[N+]([O-])c1cccc(OCC2(O)CCCC2)c1Br. The zero-order valence-electron chi connectivity index (χ0n) is 9.76. The quantitative estimate of drug-likeness (QED) is 0.684. The number of nitro benzene ring substituents is 1. The van der Waals surface area contributed by atoms with Gasteiger partial charge in [0.15, 0.2) is 0 Å². The maximum atomic E-state index is 10.8. The molecule has 0 atom stereocenters. The Morgan fingerprint density at radius 3 is 2.72 bits per heavy atom. The van der Waals surface area contributed by atoms with Gasteiger partial charge in [-0.15, -0.1) is 0 Å². The minimum Gasteiger partial charge on any atom is -0.489 e. The van der Waals surface area contributed by atoms with E-state index in [0.717, 1.165) is 25.7 Å². The second-order valence-corrected chi connectivity index (χ2v) is 5.36. The predicted octanol–water partition coefficient (Wildman–Crippen LogP) is 3.04. The van der Waals surface area contributed by atoms with Crippen LogP contribution in [0.25, 0.3) is 0 Å². The molecule has 0 amide bonds. The lowest BCUT2D eigenvalue weighted by atomic mass is 10.0. The largest absolute Gasteiger partial charge is 0.489 e. The first-order valence-electron chi connectivity index (χ1n) is 5.80. The van der Waals surface area contributed by atoms with Crippen LogP contribution in [0.15, 0.2) is 22.7 Å². The summed E-state index contributed by atoms with van der Waals surface area (Å²) in [6, 6.07) is 4.62. The molecule has 98 valence electrons. The third-order valence-electron chi connectivity index (χ3n) is 3.17. The molecule has 0 saturated heterocycles. The second kappa shape index (κ2) is 5.24. The van der Waals surface area contributed by atoms with Crippen molar-refractivity contribution < 1.29 is 14.8 Å². The van der Waals surface area contributed by atoms with Gasteiger partial charge in [-0.3, -0.25) is 10.1 Å². The summed E-state index contributed by atoms with van der Waals surface area (Å²) in [5.41, 5.74) is -0.824. The van der Waals surface area contributed by atoms with Crippen LogP contribution >= 0.6 is 15.9 Å². The van der Waals surface area contributed by atoms with E-state index in [0.29, 0.717) is 10.2 Å². The molecule has 2 rings (SSSR count). The number of ether oxygens (including phenoxy) is 1. The van der Waals surface area contributed by atoms with E-state index in [4.69, 9.17) is 4.74 Å². The topological polar surface area (TPSA) is 72.6 Å². The summed E-state index contributed by atoms with van der Waals surface area (Å²) in [7, 11) is 0. The number of hydrogen-bond acceptors (Lipinski definition) is 4. The van der Waals surface area contributed by atoms with E-state index in [-0.39, 0.29) is 12.3 Å². The van der Waals surface area contributed by atoms with Crippen LogP contribution in [0, 0.1) is 10.1 Å². The highest BCUT2D eigenvalue weighted by atomic mass is 79.9. The molecule has 1 aromatic carbocycles. The summed E-state index contributed by atoms with van der Waals surface area (Å²) in [5.74, 6) is 0.393. The number of halogens is 1. The number of hydrogen-bond donors (Lipinski definition) is 1. The highest BCUT2D eigenvalue weighted by Crippen LogP contribution is 2.36. The van der Waals surface area contributed by atoms with Gasteiger partial charge in [0.25, 0.3) is 5.69 Å². The highest BCUT2D eigenvalue weighted by molar-refractivity contribution is 9.10. The van der Waals surface area contributed by atoms with Gasteiger partial charge in [-0.2, -0.15) is 0 Å². The first kappa shape index (κ1) is 13.3. The zero-order chi connectivity index (χ0) is 13.2. The molecule has 1 aliphatic rings. The smallest absolute Gasteiger partial charge is 0.287 e. The summed E-state index contributed by atoms with van der Waals surface area (Å²) in [5, 5.41) is 20.9. The van der Waals surface area contributed by atoms with E-state index >= 15 is 0 Å². The molecular formula is C12H14BrNO4. The summed E-state index contributed by atoms with van der Waals surface area (Å²) in [6.45, 7) is 0.173. The first-order chi connectivity index (χ1) is 8.52. The maximum Gasteiger partial charge on any atom is 0.287 e. The Kier molecular flexibility index (Phi) is 3.87. The standard InChI is InChI=1S/C12H14BrNO4/c13-11-9(14(16)17)4-3-5-10(11)18-8-12(15)6-1-2-7-12/h3-5,15H,1-2,6-8H2. The molecule has 1 aromatic rings. The van der Waals surface area contributed by atoms with Crippen LogP contribution in [0.5, 0.6) is 5.75 Å². The van der Waals surface area contributed by atoms with Gasteiger partial charge < -0.3 is 9.84 Å². The van der Waals surface area contributed by atoms with Crippen molar-refractivity contribution in [2.75, 3.05) is 6.61 Å². The minimum atomic E-state index is -0.788. The molecule has 1 fully saturated rings. The number of nitro groups is 1. The third-order valence-corrected chi connectivity index (χ3v) is 3.97. The molecule has 6 heteroatoms. The minimum absolute atomic E-state index is 0.0362. The van der Waals surface area contributed by atoms with Crippen molar-refractivity contribution in [3.05, 3.63) is 32.8 Å². The monoisotopic (exact) mass is 315 g/mol. The van der Waals surface area contributed by atoms with Crippen molar-refractivity contribution in [2.45, 2.75) is 31.3 Å². The Morgan fingerprint density at radius 2 is 2.11 bits per heavy atom. The molecule has 1 N–H and O–H groups in total. The van der Waals surface area contributed by atoms with Gasteiger partial charge in [0.2, 0.25) is 0 Å². The molecule has 0 radical (unpaired) electrons. The fourth-order valence-corrected chi connectivity index (χ4v) is 2.66. The molecule has 0 aromatic heterocycles. The van der Waals surface area contributed by atoms with Gasteiger partial charge in [-0.25, -0.2) is 0 Å². The van der Waals surface area contributed by atoms with E-state index in [1.807, 2.05) is 0 Å². The molecule has 5 nitrogen and oxygen atoms in total. The van der Waals surface area contributed by atoms with Crippen LogP contribution in [-0.2, 0) is 0 Å². The van der Waals surface area contributed by atoms with Crippen LogP contribution < -0.4 is 4.74 Å². The van der Waals surface area contributed by atoms with Crippen LogP contribution in [0.4, 0.5) is 5.69 Å². The van der Waals surface area contributed by atoms with Crippen molar-refractivity contribution >= 4 is 21.6 Å². The number of nitrogens with zero attached hydrogens (tertiary/aromatic N) is 1. The van der Waals surface area contributed by atoms with Crippen molar-refractivity contribution in [1.82, 2.24) is 0 Å². The molecule has 0 heterocycles. The third kappa shape index (κ3) is 2.81. The normalized spacial score (nSPS) is 17.7. The van der Waals surface area contributed by atoms with Crippen LogP contribution in [0.3, 0.4) is 0 Å². The maximum absolute atomic E-state index is 10.8. The van der Waals surface area contributed by atoms with Gasteiger partial charge in [0.1, 0.15) is 16.8 Å². The Labute approximate surface area is 113 Å². The van der Waals surface area contributed by atoms with Crippen LogP contribution in [0.1, 0.15) is 25.7 Å². The van der Waals surface area contributed by atoms with E-state index in [2.05, 4.69) is 15.9 Å². The highest BCUT2D eigenvalue weighted by Gasteiger charge is 2.32. The molecule has 1 aliphatic carbocycles. The Balaban J connectivity index is 2.10. The Morgan fingerprint density at radius 1 is 1.44 bits per heavy atom. The fraction of sp³-hybridized carbons (Fsp3) is 0.500. The summed E-state index contributed by atoms with van der Waals surface area (Å²) < 4.78 is 5.83. The molecule has 0 aliphatic heterocycles. The van der Waals surface area contributed by atoms with Gasteiger partial charge >= 0.3 is 0 Å². The van der Waals surface area contributed by atoms with Gasteiger partial charge in [0.05, 0.1) is 10.5 Å². The lowest BCUT2D eigenvalue weighted by Crippen LogP contribution is -2.32. The van der Waals surface area contributed by atoms with Crippen molar-refractivity contribution in [3.8, 4) is 5.75 Å². The fourth-order valence-electron chi connectivity index (χ4n) is 2.14. The van der Waals surface area contributed by atoms with E-state index in [9.17, 15) is 15.2 Å². The van der Waals surface area contributed by atoms with Crippen LogP contribution in [-0.4, -0.2) is 22.2 Å². The van der Waals surface area contributed by atoms with E-state index in [1.54, 1.807) is 12.1 Å². The summed E-state index contributed by atoms with van der Waals surface area (Å²) in [4.78, 5) is 10.3. The Bertz CT molecular complexity index is 457. The lowest BCUT2D eigenvalue weighted by Gasteiger charge is -2.22. The first-order valence-corrected chi connectivity index (χ1v) is 6.59. The van der Waals surface area contributed by atoms with Crippen molar-refractivity contribution in [1.29, 1.82) is 0 Å². The van der Waals surface area contributed by atoms with Gasteiger partial charge in [-0.1, -0.05) is 18.9 Å². The average Bonchev–Trinajstić information content (AvgIpc) is 2.75. The molecular weight excluding hydrogens is 302 g/mol. The van der Waals surface area contributed by atoms with E-state index < -0.39 is 10.5 Å². The van der Waals surface area contributed by atoms with E-state index in [1.165, 1.54) is 6.07 Å². The van der Waals surface area contributed by atoms with Gasteiger partial charge in [-0.05, 0) is 34.8 Å². The van der Waals surface area contributed by atoms with Crippen LogP contribution in [0.2, 0.25) is 0 Å². The second-order valence-electron chi connectivity index (χ2n) is 4.57.